The molecule has 0 aliphatic carbocycles. The third-order valence-corrected chi connectivity index (χ3v) is 5.75. The van der Waals surface area contributed by atoms with Crippen molar-refractivity contribution < 1.29 is 18.7 Å². The molecule has 0 unspecified atom stereocenters. The first-order valence-corrected chi connectivity index (χ1v) is 10.9. The Morgan fingerprint density at radius 1 is 0.848 bits per heavy atom. The van der Waals surface area contributed by atoms with Gasteiger partial charge in [0.15, 0.2) is 12.2 Å². The number of amides is 1. The Kier molecular flexibility index (Phi) is 5.76. The Balaban J connectivity index is 1.22. The number of oxazole rings is 1. The second-order valence-electron chi connectivity index (χ2n) is 7.81. The van der Waals surface area contributed by atoms with E-state index in [1.165, 1.54) is 0 Å². The molecule has 0 spiro atoms. The summed E-state index contributed by atoms with van der Waals surface area (Å²) in [6.45, 7) is 2.36. The molecule has 0 radical (unpaired) electrons. The first kappa shape index (κ1) is 20.8. The zero-order valence-corrected chi connectivity index (χ0v) is 18.0. The molecule has 1 saturated heterocycles. The summed E-state index contributed by atoms with van der Waals surface area (Å²) in [4.78, 5) is 33.9. The molecule has 0 atom stereocenters. The van der Waals surface area contributed by atoms with Crippen LogP contribution in [-0.2, 0) is 9.53 Å². The number of benzene rings is 3. The van der Waals surface area contributed by atoms with Gasteiger partial charge in [-0.3, -0.25) is 4.79 Å². The third-order valence-electron chi connectivity index (χ3n) is 5.75. The molecule has 7 nitrogen and oxygen atoms in total. The minimum atomic E-state index is -0.580. The Hall–Kier alpha value is -4.13. The van der Waals surface area contributed by atoms with Gasteiger partial charge in [0.2, 0.25) is 5.89 Å². The molecule has 33 heavy (non-hydrogen) atoms. The fourth-order valence-electron chi connectivity index (χ4n) is 3.98. The quantitative estimate of drug-likeness (QED) is 0.436. The van der Waals surface area contributed by atoms with Crippen LogP contribution >= 0.6 is 0 Å². The maximum Gasteiger partial charge on any atom is 0.339 e. The van der Waals surface area contributed by atoms with Crippen LogP contribution < -0.4 is 4.90 Å². The van der Waals surface area contributed by atoms with Gasteiger partial charge in [-0.05, 0) is 36.4 Å². The van der Waals surface area contributed by atoms with Gasteiger partial charge in [-0.25, -0.2) is 9.78 Å². The maximum atomic E-state index is 12.8. The van der Waals surface area contributed by atoms with Gasteiger partial charge >= 0.3 is 5.97 Å². The van der Waals surface area contributed by atoms with Gasteiger partial charge in [-0.2, -0.15) is 0 Å². The molecule has 7 heteroatoms. The number of carbonyl (C=O) groups excluding carboxylic acids is 2. The second kappa shape index (κ2) is 9.16. The van der Waals surface area contributed by atoms with E-state index in [1.807, 2.05) is 42.5 Å². The SMILES string of the molecule is O=C(OCC(=O)N1CCN(c2ccccc2)CC1)c1ccccc1-c1nc2ccccc2o1. The number of carbonyl (C=O) groups is 2. The molecule has 1 amide bonds. The van der Waals surface area contributed by atoms with E-state index in [2.05, 4.69) is 22.0 Å². The predicted octanol–water partition coefficient (Wildman–Crippen LogP) is 4.00. The van der Waals surface area contributed by atoms with Crippen LogP contribution in [0.25, 0.3) is 22.6 Å². The number of fused-ring (bicyclic) bond motifs is 1. The molecule has 3 aromatic carbocycles. The van der Waals surface area contributed by atoms with Crippen LogP contribution in [0, 0.1) is 0 Å². The van der Waals surface area contributed by atoms with E-state index in [9.17, 15) is 9.59 Å². The van der Waals surface area contributed by atoms with E-state index < -0.39 is 5.97 Å². The number of anilines is 1. The number of piperazine rings is 1. The van der Waals surface area contributed by atoms with Gasteiger partial charge in [-0.1, -0.05) is 42.5 Å². The highest BCUT2D eigenvalue weighted by molar-refractivity contribution is 5.97. The standard InChI is InChI=1S/C26H23N3O4/c30-24(29-16-14-28(15-17-29)19-8-2-1-3-9-19)18-32-26(31)21-11-5-4-10-20(21)25-27-22-12-6-7-13-23(22)33-25/h1-13H,14-18H2. The van der Waals surface area contributed by atoms with Gasteiger partial charge in [0.05, 0.1) is 11.1 Å². The largest absolute Gasteiger partial charge is 0.452 e. The summed E-state index contributed by atoms with van der Waals surface area (Å²) < 4.78 is 11.2. The van der Waals surface area contributed by atoms with Gasteiger partial charge in [-0.15, -0.1) is 0 Å². The number of ether oxygens (including phenoxy) is 1. The normalized spacial score (nSPS) is 13.8. The zero-order chi connectivity index (χ0) is 22.6. The average molecular weight is 441 g/mol. The van der Waals surface area contributed by atoms with Crippen LogP contribution in [0.2, 0.25) is 0 Å². The molecule has 1 aromatic heterocycles. The lowest BCUT2D eigenvalue weighted by atomic mass is 10.1. The van der Waals surface area contributed by atoms with Crippen molar-refractivity contribution in [2.45, 2.75) is 0 Å². The minimum Gasteiger partial charge on any atom is -0.452 e. The number of hydrogen-bond acceptors (Lipinski definition) is 6. The van der Waals surface area contributed by atoms with Crippen LogP contribution in [-0.4, -0.2) is 54.5 Å². The summed E-state index contributed by atoms with van der Waals surface area (Å²) in [6.07, 6.45) is 0. The average Bonchev–Trinajstić information content (AvgIpc) is 3.32. The fourth-order valence-corrected chi connectivity index (χ4v) is 3.98. The van der Waals surface area contributed by atoms with E-state index in [-0.39, 0.29) is 12.5 Å². The fraction of sp³-hybridized carbons (Fsp3) is 0.192. The Labute approximate surface area is 191 Å². The van der Waals surface area contributed by atoms with Crippen molar-refractivity contribution in [1.29, 1.82) is 0 Å². The van der Waals surface area contributed by atoms with Gasteiger partial charge in [0.25, 0.3) is 5.91 Å². The van der Waals surface area contributed by atoms with Crippen molar-refractivity contribution in [2.24, 2.45) is 0 Å². The molecule has 0 N–H and O–H groups in total. The van der Waals surface area contributed by atoms with E-state index in [0.29, 0.717) is 41.2 Å². The van der Waals surface area contributed by atoms with Crippen molar-refractivity contribution in [2.75, 3.05) is 37.7 Å². The Morgan fingerprint density at radius 3 is 2.33 bits per heavy atom. The van der Waals surface area contributed by atoms with Crippen LogP contribution in [0.15, 0.2) is 83.3 Å². The van der Waals surface area contributed by atoms with Crippen LogP contribution in [0.4, 0.5) is 5.69 Å². The number of aromatic nitrogens is 1. The van der Waals surface area contributed by atoms with E-state index in [0.717, 1.165) is 18.8 Å². The summed E-state index contributed by atoms with van der Waals surface area (Å²) in [5.41, 5.74) is 3.33. The van der Waals surface area contributed by atoms with Crippen molar-refractivity contribution in [3.63, 3.8) is 0 Å². The van der Waals surface area contributed by atoms with Crippen molar-refractivity contribution >= 4 is 28.7 Å². The van der Waals surface area contributed by atoms with E-state index >= 15 is 0 Å². The molecule has 2 heterocycles. The molecule has 0 saturated carbocycles. The van der Waals surface area contributed by atoms with Crippen molar-refractivity contribution in [3.8, 4) is 11.5 Å². The van der Waals surface area contributed by atoms with Crippen LogP contribution in [0.1, 0.15) is 10.4 Å². The molecule has 5 rings (SSSR count). The Bertz CT molecular complexity index is 1240. The van der Waals surface area contributed by atoms with Crippen LogP contribution in [0.3, 0.4) is 0 Å². The third kappa shape index (κ3) is 4.43. The molecule has 0 bridgehead atoms. The molecular weight excluding hydrogens is 418 g/mol. The highest BCUT2D eigenvalue weighted by Gasteiger charge is 2.24. The number of esters is 1. The summed E-state index contributed by atoms with van der Waals surface area (Å²) in [5.74, 6) is -0.438. The lowest BCUT2D eigenvalue weighted by molar-refractivity contribution is -0.134. The van der Waals surface area contributed by atoms with Crippen molar-refractivity contribution in [1.82, 2.24) is 9.88 Å². The number of hydrogen-bond donors (Lipinski definition) is 0. The first-order valence-electron chi connectivity index (χ1n) is 10.9. The Morgan fingerprint density at radius 2 is 1.55 bits per heavy atom. The molecule has 1 aliphatic rings. The molecule has 4 aromatic rings. The topological polar surface area (TPSA) is 75.9 Å². The maximum absolute atomic E-state index is 12.8. The van der Waals surface area contributed by atoms with Gasteiger partial charge in [0.1, 0.15) is 5.52 Å². The minimum absolute atomic E-state index is 0.199. The second-order valence-corrected chi connectivity index (χ2v) is 7.81. The predicted molar refractivity (Wildman–Crippen MR) is 125 cm³/mol. The van der Waals surface area contributed by atoms with Gasteiger partial charge in [0, 0.05) is 31.9 Å². The lowest BCUT2D eigenvalue weighted by Gasteiger charge is -2.36. The van der Waals surface area contributed by atoms with Crippen molar-refractivity contribution in [3.05, 3.63) is 84.4 Å². The molecule has 1 fully saturated rings. The highest BCUT2D eigenvalue weighted by Crippen LogP contribution is 2.27. The summed E-state index contributed by atoms with van der Waals surface area (Å²) in [5, 5.41) is 0. The zero-order valence-electron chi connectivity index (χ0n) is 18.0. The van der Waals surface area contributed by atoms with Crippen LogP contribution in [0.5, 0.6) is 0 Å². The lowest BCUT2D eigenvalue weighted by Crippen LogP contribution is -2.49. The summed E-state index contributed by atoms with van der Waals surface area (Å²) in [7, 11) is 0. The molecular formula is C26H23N3O4. The monoisotopic (exact) mass is 441 g/mol. The molecule has 166 valence electrons. The summed E-state index contributed by atoms with van der Waals surface area (Å²) >= 11 is 0. The molecule has 1 aliphatic heterocycles. The number of para-hydroxylation sites is 3. The van der Waals surface area contributed by atoms with E-state index in [1.54, 1.807) is 29.2 Å². The number of nitrogens with zero attached hydrogens (tertiary/aromatic N) is 3. The van der Waals surface area contributed by atoms with Gasteiger partial charge < -0.3 is 19.0 Å². The van der Waals surface area contributed by atoms with E-state index in [4.69, 9.17) is 9.15 Å². The highest BCUT2D eigenvalue weighted by atomic mass is 16.5. The smallest absolute Gasteiger partial charge is 0.339 e. The summed E-state index contributed by atoms with van der Waals surface area (Å²) in [6, 6.07) is 24.5. The number of rotatable bonds is 5. The first-order chi connectivity index (χ1) is 16.2.